The van der Waals surface area contributed by atoms with Crippen LogP contribution in [0.5, 0.6) is 0 Å². The summed E-state index contributed by atoms with van der Waals surface area (Å²) in [7, 11) is 0. The molecule has 1 aliphatic rings. The fourth-order valence-electron chi connectivity index (χ4n) is 2.35. The third kappa shape index (κ3) is 2.85. The standard InChI is InChI=1S/C12H18BrNO/c1-9-3-2-4-10(9)7-14-8-12-11(13)5-6-15-12/h5-6,9-10,14H,2-4,7-8H2,1H3. The molecule has 0 aliphatic heterocycles. The maximum absolute atomic E-state index is 5.35. The summed E-state index contributed by atoms with van der Waals surface area (Å²) < 4.78 is 6.41. The zero-order chi connectivity index (χ0) is 10.7. The van der Waals surface area contributed by atoms with E-state index in [4.69, 9.17) is 4.42 Å². The quantitative estimate of drug-likeness (QED) is 0.906. The van der Waals surface area contributed by atoms with Gasteiger partial charge in [0.15, 0.2) is 0 Å². The van der Waals surface area contributed by atoms with Crippen LogP contribution in [0, 0.1) is 11.8 Å². The first-order valence-electron chi connectivity index (χ1n) is 5.70. The van der Waals surface area contributed by atoms with E-state index in [1.165, 1.54) is 19.3 Å². The summed E-state index contributed by atoms with van der Waals surface area (Å²) in [6.07, 6.45) is 5.90. The molecule has 1 heterocycles. The van der Waals surface area contributed by atoms with Crippen molar-refractivity contribution in [2.24, 2.45) is 11.8 Å². The van der Waals surface area contributed by atoms with Crippen molar-refractivity contribution in [3.8, 4) is 0 Å². The molecule has 1 aliphatic carbocycles. The van der Waals surface area contributed by atoms with Crippen LogP contribution in [0.4, 0.5) is 0 Å². The highest BCUT2D eigenvalue weighted by molar-refractivity contribution is 9.10. The van der Waals surface area contributed by atoms with Crippen LogP contribution in [0.2, 0.25) is 0 Å². The van der Waals surface area contributed by atoms with Crippen LogP contribution < -0.4 is 5.32 Å². The molecule has 1 aromatic rings. The maximum atomic E-state index is 5.35. The van der Waals surface area contributed by atoms with Crippen molar-refractivity contribution in [2.75, 3.05) is 6.54 Å². The second kappa shape index (κ2) is 5.17. The van der Waals surface area contributed by atoms with E-state index >= 15 is 0 Å². The number of furan rings is 1. The van der Waals surface area contributed by atoms with Crippen molar-refractivity contribution in [1.82, 2.24) is 5.32 Å². The molecule has 0 bridgehead atoms. The molecule has 3 heteroatoms. The maximum Gasteiger partial charge on any atom is 0.131 e. The minimum Gasteiger partial charge on any atom is -0.467 e. The van der Waals surface area contributed by atoms with Crippen molar-refractivity contribution in [3.63, 3.8) is 0 Å². The Labute approximate surface area is 99.6 Å². The molecular formula is C12H18BrNO. The van der Waals surface area contributed by atoms with Crippen LogP contribution in [0.25, 0.3) is 0 Å². The highest BCUT2D eigenvalue weighted by atomic mass is 79.9. The van der Waals surface area contributed by atoms with E-state index in [-0.39, 0.29) is 0 Å². The molecule has 0 radical (unpaired) electrons. The average molecular weight is 272 g/mol. The molecule has 84 valence electrons. The van der Waals surface area contributed by atoms with Crippen molar-refractivity contribution in [3.05, 3.63) is 22.6 Å². The summed E-state index contributed by atoms with van der Waals surface area (Å²) in [4.78, 5) is 0. The van der Waals surface area contributed by atoms with E-state index in [0.717, 1.165) is 35.2 Å². The molecule has 1 aromatic heterocycles. The van der Waals surface area contributed by atoms with Crippen molar-refractivity contribution in [1.29, 1.82) is 0 Å². The monoisotopic (exact) mass is 271 g/mol. The SMILES string of the molecule is CC1CCCC1CNCc1occc1Br. The van der Waals surface area contributed by atoms with Gasteiger partial charge in [0.25, 0.3) is 0 Å². The topological polar surface area (TPSA) is 25.2 Å². The Hall–Kier alpha value is -0.280. The predicted molar refractivity (Wildman–Crippen MR) is 64.6 cm³/mol. The molecule has 0 amide bonds. The fourth-order valence-corrected chi connectivity index (χ4v) is 2.69. The lowest BCUT2D eigenvalue weighted by molar-refractivity contribution is 0.379. The first-order valence-corrected chi connectivity index (χ1v) is 6.49. The van der Waals surface area contributed by atoms with Gasteiger partial charge in [0.05, 0.1) is 17.3 Å². The zero-order valence-electron chi connectivity index (χ0n) is 9.13. The Bertz CT molecular complexity index is 310. The zero-order valence-corrected chi connectivity index (χ0v) is 10.7. The molecule has 1 saturated carbocycles. The second-order valence-corrected chi connectivity index (χ2v) is 5.35. The summed E-state index contributed by atoms with van der Waals surface area (Å²) in [5, 5.41) is 3.48. The lowest BCUT2D eigenvalue weighted by atomic mass is 9.98. The molecule has 2 nitrogen and oxygen atoms in total. The first-order chi connectivity index (χ1) is 7.27. The molecule has 15 heavy (non-hydrogen) atoms. The van der Waals surface area contributed by atoms with Crippen molar-refractivity contribution < 1.29 is 4.42 Å². The highest BCUT2D eigenvalue weighted by Gasteiger charge is 2.22. The Morgan fingerprint density at radius 1 is 1.53 bits per heavy atom. The normalized spacial score (nSPS) is 26.0. The number of nitrogens with one attached hydrogen (secondary N) is 1. The molecule has 2 rings (SSSR count). The summed E-state index contributed by atoms with van der Waals surface area (Å²) in [6, 6.07) is 1.94. The summed E-state index contributed by atoms with van der Waals surface area (Å²) in [5.74, 6) is 2.75. The predicted octanol–water partition coefficient (Wildman–Crippen LogP) is 3.57. The van der Waals surface area contributed by atoms with Gasteiger partial charge in [-0.1, -0.05) is 19.8 Å². The van der Waals surface area contributed by atoms with E-state index in [1.54, 1.807) is 6.26 Å². The fraction of sp³-hybridized carbons (Fsp3) is 0.667. The van der Waals surface area contributed by atoms with Gasteiger partial charge in [-0.3, -0.25) is 0 Å². The number of rotatable bonds is 4. The summed E-state index contributed by atoms with van der Waals surface area (Å²) in [5.41, 5.74) is 0. The number of halogens is 1. The Morgan fingerprint density at radius 3 is 3.00 bits per heavy atom. The van der Waals surface area contributed by atoms with Crippen LogP contribution in [-0.4, -0.2) is 6.54 Å². The van der Waals surface area contributed by atoms with Crippen molar-refractivity contribution in [2.45, 2.75) is 32.7 Å². The molecule has 2 atom stereocenters. The molecule has 0 aromatic carbocycles. The molecular weight excluding hydrogens is 254 g/mol. The third-order valence-electron chi connectivity index (χ3n) is 3.42. The van der Waals surface area contributed by atoms with E-state index < -0.39 is 0 Å². The van der Waals surface area contributed by atoms with E-state index in [2.05, 4.69) is 28.2 Å². The lowest BCUT2D eigenvalue weighted by Crippen LogP contribution is -2.23. The van der Waals surface area contributed by atoms with E-state index in [9.17, 15) is 0 Å². The van der Waals surface area contributed by atoms with Gasteiger partial charge in [-0.2, -0.15) is 0 Å². The Morgan fingerprint density at radius 2 is 2.40 bits per heavy atom. The van der Waals surface area contributed by atoms with Gasteiger partial charge in [0, 0.05) is 0 Å². The first kappa shape index (κ1) is 11.2. The van der Waals surface area contributed by atoms with E-state index in [0.29, 0.717) is 0 Å². The largest absolute Gasteiger partial charge is 0.467 e. The van der Waals surface area contributed by atoms with Gasteiger partial charge in [0.2, 0.25) is 0 Å². The van der Waals surface area contributed by atoms with Gasteiger partial charge in [0.1, 0.15) is 5.76 Å². The highest BCUT2D eigenvalue weighted by Crippen LogP contribution is 2.30. The molecule has 1 fully saturated rings. The van der Waals surface area contributed by atoms with Gasteiger partial charge < -0.3 is 9.73 Å². The lowest BCUT2D eigenvalue weighted by Gasteiger charge is -2.15. The number of hydrogen-bond donors (Lipinski definition) is 1. The molecule has 1 N–H and O–H groups in total. The van der Waals surface area contributed by atoms with Crippen molar-refractivity contribution >= 4 is 15.9 Å². The molecule has 0 spiro atoms. The molecule has 2 unspecified atom stereocenters. The van der Waals surface area contributed by atoms with Crippen LogP contribution in [0.15, 0.2) is 21.2 Å². The summed E-state index contributed by atoms with van der Waals surface area (Å²) in [6.45, 7) is 4.31. The average Bonchev–Trinajstić information content (AvgIpc) is 2.78. The third-order valence-corrected chi connectivity index (χ3v) is 4.13. The summed E-state index contributed by atoms with van der Waals surface area (Å²) >= 11 is 3.46. The Kier molecular flexibility index (Phi) is 3.87. The minimum atomic E-state index is 0.830. The van der Waals surface area contributed by atoms with Crippen LogP contribution in [-0.2, 0) is 6.54 Å². The van der Waals surface area contributed by atoms with Gasteiger partial charge in [-0.25, -0.2) is 0 Å². The van der Waals surface area contributed by atoms with E-state index in [1.807, 2.05) is 6.07 Å². The van der Waals surface area contributed by atoms with Crippen LogP contribution >= 0.6 is 15.9 Å². The Balaban J connectivity index is 1.73. The van der Waals surface area contributed by atoms with Crippen LogP contribution in [0.3, 0.4) is 0 Å². The van der Waals surface area contributed by atoms with Gasteiger partial charge in [-0.15, -0.1) is 0 Å². The van der Waals surface area contributed by atoms with Crippen LogP contribution in [0.1, 0.15) is 31.9 Å². The second-order valence-electron chi connectivity index (χ2n) is 4.49. The smallest absolute Gasteiger partial charge is 0.131 e. The number of hydrogen-bond acceptors (Lipinski definition) is 2. The van der Waals surface area contributed by atoms with Gasteiger partial charge in [-0.05, 0) is 46.8 Å². The van der Waals surface area contributed by atoms with Gasteiger partial charge >= 0.3 is 0 Å². The minimum absolute atomic E-state index is 0.830. The molecule has 0 saturated heterocycles.